The van der Waals surface area contributed by atoms with Gasteiger partial charge in [-0.05, 0) is 37.6 Å². The maximum absolute atomic E-state index is 12.9. The molecule has 1 atom stereocenters. The van der Waals surface area contributed by atoms with E-state index in [0.29, 0.717) is 42.4 Å². The molecular formula is C17H25Cl2N3O3. The Morgan fingerprint density at radius 1 is 1.36 bits per heavy atom. The van der Waals surface area contributed by atoms with Crippen molar-refractivity contribution in [1.82, 2.24) is 15.5 Å². The van der Waals surface area contributed by atoms with E-state index in [1.54, 1.807) is 23.1 Å². The summed E-state index contributed by atoms with van der Waals surface area (Å²) in [7, 11) is 1.51. The molecule has 1 aromatic rings. The molecule has 1 heterocycles. The second-order valence-corrected chi connectivity index (χ2v) is 6.08. The SMILES string of the molecule is CCNCCNC(=O)C1CCCN1C(=O)c1cc(Cl)ccc1OC.Cl. The van der Waals surface area contributed by atoms with Crippen molar-refractivity contribution in [2.45, 2.75) is 25.8 Å². The topological polar surface area (TPSA) is 70.7 Å². The average Bonchev–Trinajstić information content (AvgIpc) is 3.07. The Labute approximate surface area is 159 Å². The molecule has 140 valence electrons. The number of nitrogens with zero attached hydrogens (tertiary/aromatic N) is 1. The van der Waals surface area contributed by atoms with E-state index in [2.05, 4.69) is 10.6 Å². The Bertz CT molecular complexity index is 599. The number of carbonyl (C=O) groups is 2. The quantitative estimate of drug-likeness (QED) is 0.700. The van der Waals surface area contributed by atoms with Crippen LogP contribution in [0.25, 0.3) is 0 Å². The van der Waals surface area contributed by atoms with E-state index in [4.69, 9.17) is 16.3 Å². The fourth-order valence-electron chi connectivity index (χ4n) is 2.85. The lowest BCUT2D eigenvalue weighted by Gasteiger charge is -2.25. The number of nitrogens with one attached hydrogen (secondary N) is 2. The van der Waals surface area contributed by atoms with E-state index in [0.717, 1.165) is 13.0 Å². The Hall–Kier alpha value is -1.50. The molecule has 2 N–H and O–H groups in total. The zero-order valence-electron chi connectivity index (χ0n) is 14.5. The third kappa shape index (κ3) is 5.49. The number of likely N-dealkylation sites (tertiary alicyclic amines) is 1. The molecule has 0 spiro atoms. The van der Waals surface area contributed by atoms with Crippen LogP contribution in [-0.2, 0) is 4.79 Å². The van der Waals surface area contributed by atoms with Crippen molar-refractivity contribution in [3.05, 3.63) is 28.8 Å². The summed E-state index contributed by atoms with van der Waals surface area (Å²) < 4.78 is 5.25. The molecule has 2 rings (SSSR count). The first-order chi connectivity index (χ1) is 11.6. The first-order valence-corrected chi connectivity index (χ1v) is 8.59. The number of methoxy groups -OCH3 is 1. The zero-order valence-corrected chi connectivity index (χ0v) is 16.1. The van der Waals surface area contributed by atoms with Gasteiger partial charge >= 0.3 is 0 Å². The summed E-state index contributed by atoms with van der Waals surface area (Å²) in [6.07, 6.45) is 1.47. The van der Waals surface area contributed by atoms with Crippen molar-refractivity contribution in [1.29, 1.82) is 0 Å². The summed E-state index contributed by atoms with van der Waals surface area (Å²) in [4.78, 5) is 26.9. The predicted molar refractivity (Wildman–Crippen MR) is 101 cm³/mol. The molecular weight excluding hydrogens is 365 g/mol. The summed E-state index contributed by atoms with van der Waals surface area (Å²) in [6.45, 7) is 4.69. The Kier molecular flexibility index (Phi) is 9.03. The van der Waals surface area contributed by atoms with Crippen LogP contribution in [0.2, 0.25) is 5.02 Å². The van der Waals surface area contributed by atoms with Gasteiger partial charge in [-0.25, -0.2) is 0 Å². The van der Waals surface area contributed by atoms with Gasteiger partial charge in [-0.1, -0.05) is 18.5 Å². The zero-order chi connectivity index (χ0) is 17.5. The number of ether oxygens (including phenoxy) is 1. The van der Waals surface area contributed by atoms with Crippen molar-refractivity contribution in [2.24, 2.45) is 0 Å². The molecule has 0 aromatic heterocycles. The highest BCUT2D eigenvalue weighted by atomic mass is 35.5. The lowest BCUT2D eigenvalue weighted by atomic mass is 10.1. The normalized spacial score (nSPS) is 16.3. The van der Waals surface area contributed by atoms with Gasteiger partial charge in [-0.2, -0.15) is 0 Å². The van der Waals surface area contributed by atoms with Crippen LogP contribution in [0.4, 0.5) is 0 Å². The van der Waals surface area contributed by atoms with E-state index in [1.807, 2.05) is 6.92 Å². The third-order valence-electron chi connectivity index (χ3n) is 4.06. The standard InChI is InChI=1S/C17H24ClN3O3.ClH/c1-3-19-8-9-20-16(22)14-5-4-10-21(14)17(23)13-11-12(18)6-7-15(13)24-2;/h6-7,11,14,19H,3-5,8-10H2,1-2H3,(H,20,22);1H. The third-order valence-corrected chi connectivity index (χ3v) is 4.29. The van der Waals surface area contributed by atoms with E-state index < -0.39 is 6.04 Å². The largest absolute Gasteiger partial charge is 0.496 e. The predicted octanol–water partition coefficient (Wildman–Crippen LogP) is 2.10. The first-order valence-electron chi connectivity index (χ1n) is 8.21. The summed E-state index contributed by atoms with van der Waals surface area (Å²) in [6, 6.07) is 4.48. The monoisotopic (exact) mass is 389 g/mol. The molecule has 6 nitrogen and oxygen atoms in total. The van der Waals surface area contributed by atoms with Crippen LogP contribution < -0.4 is 15.4 Å². The molecule has 1 aromatic carbocycles. The fraction of sp³-hybridized carbons (Fsp3) is 0.529. The highest BCUT2D eigenvalue weighted by Crippen LogP contribution is 2.27. The second kappa shape index (κ2) is 10.5. The molecule has 0 bridgehead atoms. The van der Waals surface area contributed by atoms with Crippen molar-refractivity contribution < 1.29 is 14.3 Å². The number of amides is 2. The van der Waals surface area contributed by atoms with Gasteiger partial charge in [-0.15, -0.1) is 12.4 Å². The van der Waals surface area contributed by atoms with Crippen molar-refractivity contribution in [3.63, 3.8) is 0 Å². The number of likely N-dealkylation sites (N-methyl/N-ethyl adjacent to an activating group) is 1. The summed E-state index contributed by atoms with van der Waals surface area (Å²) >= 11 is 6.01. The summed E-state index contributed by atoms with van der Waals surface area (Å²) in [5.41, 5.74) is 0.386. The van der Waals surface area contributed by atoms with Gasteiger partial charge in [0.25, 0.3) is 5.91 Å². The van der Waals surface area contributed by atoms with Crippen LogP contribution in [0.3, 0.4) is 0 Å². The molecule has 0 radical (unpaired) electrons. The highest BCUT2D eigenvalue weighted by Gasteiger charge is 2.35. The molecule has 25 heavy (non-hydrogen) atoms. The molecule has 1 aliphatic heterocycles. The number of hydrogen-bond donors (Lipinski definition) is 2. The van der Waals surface area contributed by atoms with Crippen LogP contribution >= 0.6 is 24.0 Å². The van der Waals surface area contributed by atoms with Gasteiger partial charge in [0.1, 0.15) is 11.8 Å². The molecule has 1 saturated heterocycles. The van der Waals surface area contributed by atoms with Gasteiger partial charge in [0.15, 0.2) is 0 Å². The van der Waals surface area contributed by atoms with Gasteiger partial charge in [-0.3, -0.25) is 9.59 Å². The molecule has 0 aliphatic carbocycles. The minimum Gasteiger partial charge on any atom is -0.496 e. The number of carbonyl (C=O) groups excluding carboxylic acids is 2. The maximum atomic E-state index is 12.9. The van der Waals surface area contributed by atoms with Crippen molar-refractivity contribution in [3.8, 4) is 5.75 Å². The molecule has 0 saturated carbocycles. The van der Waals surface area contributed by atoms with Crippen LogP contribution in [0.1, 0.15) is 30.1 Å². The second-order valence-electron chi connectivity index (χ2n) is 5.65. The van der Waals surface area contributed by atoms with Crippen LogP contribution in [-0.4, -0.2) is 56.0 Å². The lowest BCUT2D eigenvalue weighted by molar-refractivity contribution is -0.124. The number of hydrogen-bond acceptors (Lipinski definition) is 4. The Balaban J connectivity index is 0.00000312. The maximum Gasteiger partial charge on any atom is 0.258 e. The van der Waals surface area contributed by atoms with Crippen molar-refractivity contribution in [2.75, 3.05) is 33.3 Å². The Morgan fingerprint density at radius 2 is 2.12 bits per heavy atom. The highest BCUT2D eigenvalue weighted by molar-refractivity contribution is 6.31. The average molecular weight is 390 g/mol. The van der Waals surface area contributed by atoms with Gasteiger partial charge in [0.2, 0.25) is 5.91 Å². The fourth-order valence-corrected chi connectivity index (χ4v) is 3.03. The smallest absolute Gasteiger partial charge is 0.258 e. The van der Waals surface area contributed by atoms with Crippen LogP contribution in [0, 0.1) is 0 Å². The van der Waals surface area contributed by atoms with E-state index >= 15 is 0 Å². The van der Waals surface area contributed by atoms with Crippen LogP contribution in [0.5, 0.6) is 5.75 Å². The molecule has 8 heteroatoms. The van der Waals surface area contributed by atoms with Gasteiger partial charge in [0.05, 0.1) is 12.7 Å². The van der Waals surface area contributed by atoms with Crippen LogP contribution in [0.15, 0.2) is 18.2 Å². The van der Waals surface area contributed by atoms with Crippen molar-refractivity contribution >= 4 is 35.8 Å². The number of benzene rings is 1. The first kappa shape index (κ1) is 21.5. The molecule has 1 unspecified atom stereocenters. The van der Waals surface area contributed by atoms with E-state index in [9.17, 15) is 9.59 Å². The molecule has 1 aliphatic rings. The lowest BCUT2D eigenvalue weighted by Crippen LogP contribution is -2.47. The molecule has 2 amide bonds. The number of halogens is 2. The van der Waals surface area contributed by atoms with Gasteiger partial charge in [0, 0.05) is 24.7 Å². The van der Waals surface area contributed by atoms with Gasteiger partial charge < -0.3 is 20.3 Å². The summed E-state index contributed by atoms with van der Waals surface area (Å²) in [5, 5.41) is 6.49. The Morgan fingerprint density at radius 3 is 2.80 bits per heavy atom. The minimum absolute atomic E-state index is 0. The van der Waals surface area contributed by atoms with E-state index in [1.165, 1.54) is 7.11 Å². The number of rotatable bonds is 7. The molecule has 1 fully saturated rings. The summed E-state index contributed by atoms with van der Waals surface area (Å²) in [5.74, 6) is 0.126. The minimum atomic E-state index is -0.442. The van der Waals surface area contributed by atoms with E-state index in [-0.39, 0.29) is 24.2 Å².